The molecule has 0 aliphatic carbocycles. The standard InChI is InChI=1S/C8H8F3N/c1-3-4-5-6-7(12-2)8(9,10)11/h5-6H,1-2H3/b6-5-,12-7?. The van der Waals surface area contributed by atoms with E-state index in [1.54, 1.807) is 6.92 Å². The Morgan fingerprint density at radius 3 is 2.33 bits per heavy atom. The van der Waals surface area contributed by atoms with E-state index in [1.807, 2.05) is 0 Å². The fourth-order valence-electron chi connectivity index (χ4n) is 0.500. The predicted molar refractivity (Wildman–Crippen MR) is 42.0 cm³/mol. The van der Waals surface area contributed by atoms with Crippen molar-refractivity contribution in [2.24, 2.45) is 4.99 Å². The number of rotatable bonds is 1. The minimum atomic E-state index is -4.39. The lowest BCUT2D eigenvalue weighted by Gasteiger charge is -2.03. The average Bonchev–Trinajstić information content (AvgIpc) is 1.95. The van der Waals surface area contributed by atoms with E-state index in [4.69, 9.17) is 0 Å². The number of allylic oxidation sites excluding steroid dienone is 2. The lowest BCUT2D eigenvalue weighted by Crippen LogP contribution is -2.20. The van der Waals surface area contributed by atoms with Crippen LogP contribution in [0.1, 0.15) is 6.92 Å². The molecule has 0 amide bonds. The van der Waals surface area contributed by atoms with E-state index in [9.17, 15) is 13.2 Å². The number of alkyl halides is 3. The van der Waals surface area contributed by atoms with Crippen LogP contribution in [0.2, 0.25) is 0 Å². The highest BCUT2D eigenvalue weighted by Gasteiger charge is 2.32. The first-order chi connectivity index (χ1) is 5.52. The third-order valence-corrected chi connectivity index (χ3v) is 1.00. The van der Waals surface area contributed by atoms with Gasteiger partial charge in [-0.05, 0) is 19.1 Å². The van der Waals surface area contributed by atoms with Gasteiger partial charge in [-0.15, -0.1) is 5.92 Å². The van der Waals surface area contributed by atoms with Crippen LogP contribution in [0.3, 0.4) is 0 Å². The monoisotopic (exact) mass is 175 g/mol. The molecule has 0 rings (SSSR count). The van der Waals surface area contributed by atoms with E-state index in [2.05, 4.69) is 16.8 Å². The maximum atomic E-state index is 11.9. The predicted octanol–water partition coefficient (Wildman–Crippen LogP) is 2.20. The summed E-state index contributed by atoms with van der Waals surface area (Å²) in [7, 11) is 1.09. The molecule has 0 aromatic rings. The summed E-state index contributed by atoms with van der Waals surface area (Å²) in [5.74, 6) is 4.81. The molecule has 1 nitrogen and oxygen atoms in total. The molecule has 12 heavy (non-hydrogen) atoms. The lowest BCUT2D eigenvalue weighted by molar-refractivity contribution is -0.0577. The number of nitrogens with zero attached hydrogens (tertiary/aromatic N) is 1. The molecular weight excluding hydrogens is 167 g/mol. The van der Waals surface area contributed by atoms with Crippen molar-refractivity contribution in [2.75, 3.05) is 7.05 Å². The smallest absolute Gasteiger partial charge is 0.284 e. The Morgan fingerprint density at radius 1 is 1.42 bits per heavy atom. The molecule has 0 N–H and O–H groups in total. The molecule has 0 aliphatic rings. The fourth-order valence-corrected chi connectivity index (χ4v) is 0.500. The van der Waals surface area contributed by atoms with Gasteiger partial charge in [0.05, 0.1) is 0 Å². The largest absolute Gasteiger partial charge is 0.432 e. The van der Waals surface area contributed by atoms with E-state index in [0.717, 1.165) is 19.2 Å². The summed E-state index contributed by atoms with van der Waals surface area (Å²) in [5, 5.41) is 0. The molecule has 0 fully saturated rings. The van der Waals surface area contributed by atoms with Gasteiger partial charge in [-0.2, -0.15) is 13.2 Å². The first kappa shape index (κ1) is 10.8. The van der Waals surface area contributed by atoms with Gasteiger partial charge in [0.2, 0.25) is 0 Å². The summed E-state index contributed by atoms with van der Waals surface area (Å²) < 4.78 is 35.8. The highest BCUT2D eigenvalue weighted by atomic mass is 19.4. The molecule has 66 valence electrons. The average molecular weight is 175 g/mol. The maximum absolute atomic E-state index is 11.9. The molecule has 0 heterocycles. The molecule has 0 aromatic carbocycles. The highest BCUT2D eigenvalue weighted by Crippen LogP contribution is 2.17. The molecule has 0 aliphatic heterocycles. The van der Waals surface area contributed by atoms with Crippen LogP contribution in [0, 0.1) is 11.8 Å². The van der Waals surface area contributed by atoms with E-state index in [0.29, 0.717) is 0 Å². The van der Waals surface area contributed by atoms with Crippen LogP contribution in [0.4, 0.5) is 13.2 Å². The third kappa shape index (κ3) is 3.81. The Balaban J connectivity index is 4.49. The Hall–Kier alpha value is -1.24. The van der Waals surface area contributed by atoms with Gasteiger partial charge in [0, 0.05) is 7.05 Å². The highest BCUT2D eigenvalue weighted by molar-refractivity contribution is 5.99. The quantitative estimate of drug-likeness (QED) is 0.428. The first-order valence-electron chi connectivity index (χ1n) is 3.15. The van der Waals surface area contributed by atoms with Gasteiger partial charge in [0.1, 0.15) is 5.71 Å². The maximum Gasteiger partial charge on any atom is 0.432 e. The van der Waals surface area contributed by atoms with Crippen LogP contribution in [0.25, 0.3) is 0 Å². The fraction of sp³-hybridized carbons (Fsp3) is 0.375. The number of hydrogen-bond acceptors (Lipinski definition) is 1. The zero-order valence-electron chi connectivity index (χ0n) is 6.74. The van der Waals surface area contributed by atoms with Crippen molar-refractivity contribution in [1.82, 2.24) is 0 Å². The molecule has 0 atom stereocenters. The lowest BCUT2D eigenvalue weighted by atomic mass is 10.3. The molecular formula is C8H8F3N. The van der Waals surface area contributed by atoms with E-state index in [1.165, 1.54) is 0 Å². The molecule has 0 bridgehead atoms. The van der Waals surface area contributed by atoms with Crippen LogP contribution in [0.5, 0.6) is 0 Å². The van der Waals surface area contributed by atoms with Crippen LogP contribution in [0.15, 0.2) is 17.1 Å². The Labute approximate surface area is 69.0 Å². The zero-order valence-corrected chi connectivity index (χ0v) is 6.74. The van der Waals surface area contributed by atoms with Gasteiger partial charge < -0.3 is 0 Å². The van der Waals surface area contributed by atoms with Crippen molar-refractivity contribution in [2.45, 2.75) is 13.1 Å². The summed E-state index contributed by atoms with van der Waals surface area (Å²) in [5.41, 5.74) is -0.926. The van der Waals surface area contributed by atoms with E-state index < -0.39 is 11.9 Å². The van der Waals surface area contributed by atoms with Gasteiger partial charge >= 0.3 is 6.18 Å². The SMILES string of the molecule is CC#C/C=C\C(=NC)C(F)(F)F. The second kappa shape index (κ2) is 4.60. The minimum Gasteiger partial charge on any atom is -0.284 e. The third-order valence-electron chi connectivity index (χ3n) is 1.00. The van der Waals surface area contributed by atoms with Gasteiger partial charge in [-0.25, -0.2) is 0 Å². The van der Waals surface area contributed by atoms with Crippen LogP contribution >= 0.6 is 0 Å². The zero-order chi connectivity index (χ0) is 9.61. The van der Waals surface area contributed by atoms with Gasteiger partial charge in [0.25, 0.3) is 0 Å². The summed E-state index contributed by atoms with van der Waals surface area (Å²) in [4.78, 5) is 3.07. The van der Waals surface area contributed by atoms with Crippen molar-refractivity contribution in [1.29, 1.82) is 0 Å². The molecule has 0 unspecified atom stereocenters. The Morgan fingerprint density at radius 2 is 2.00 bits per heavy atom. The number of aliphatic imine (C=N–C) groups is 1. The molecule has 0 saturated carbocycles. The van der Waals surface area contributed by atoms with Crippen LogP contribution in [-0.2, 0) is 0 Å². The normalized spacial score (nSPS) is 12.9. The summed E-state index contributed by atoms with van der Waals surface area (Å²) >= 11 is 0. The van der Waals surface area contributed by atoms with Crippen molar-refractivity contribution < 1.29 is 13.2 Å². The summed E-state index contributed by atoms with van der Waals surface area (Å²) in [6.07, 6.45) is -2.42. The van der Waals surface area contributed by atoms with Gasteiger partial charge in [-0.3, -0.25) is 4.99 Å². The Bertz CT molecular complexity index is 250. The van der Waals surface area contributed by atoms with E-state index in [-0.39, 0.29) is 0 Å². The van der Waals surface area contributed by atoms with E-state index >= 15 is 0 Å². The van der Waals surface area contributed by atoms with Crippen molar-refractivity contribution in [3.8, 4) is 11.8 Å². The molecule has 0 aromatic heterocycles. The van der Waals surface area contributed by atoms with Crippen molar-refractivity contribution in [3.63, 3.8) is 0 Å². The minimum absolute atomic E-state index is 0.844. The molecule has 0 radical (unpaired) electrons. The molecule has 0 spiro atoms. The number of halogens is 3. The second-order valence-electron chi connectivity index (χ2n) is 1.83. The second-order valence-corrected chi connectivity index (χ2v) is 1.83. The van der Waals surface area contributed by atoms with Crippen molar-refractivity contribution >= 4 is 5.71 Å². The number of hydrogen-bond donors (Lipinski definition) is 0. The molecule has 4 heteroatoms. The Kier molecular flexibility index (Phi) is 4.12. The van der Waals surface area contributed by atoms with Crippen LogP contribution in [-0.4, -0.2) is 18.9 Å². The van der Waals surface area contributed by atoms with Gasteiger partial charge in [-0.1, -0.05) is 5.92 Å². The van der Waals surface area contributed by atoms with Crippen molar-refractivity contribution in [3.05, 3.63) is 12.2 Å². The summed E-state index contributed by atoms with van der Waals surface area (Å²) in [6.45, 7) is 1.54. The summed E-state index contributed by atoms with van der Waals surface area (Å²) in [6, 6.07) is 0. The van der Waals surface area contributed by atoms with Gasteiger partial charge in [0.15, 0.2) is 0 Å². The molecule has 0 saturated heterocycles. The first-order valence-corrected chi connectivity index (χ1v) is 3.15. The van der Waals surface area contributed by atoms with Crippen LogP contribution < -0.4 is 0 Å². The topological polar surface area (TPSA) is 12.4 Å².